The number of aryl methyl sites for hydroxylation is 1. The van der Waals surface area contributed by atoms with Gasteiger partial charge in [-0.2, -0.15) is 9.82 Å². The maximum atomic E-state index is 12.0. The molecular weight excluding hydrogens is 258 g/mol. The Hall–Kier alpha value is -1.41. The van der Waals surface area contributed by atoms with Crippen LogP contribution in [0.15, 0.2) is 17.3 Å². The number of carboxylic acid groups (broad SMARTS) is 1. The third-order valence-corrected chi connectivity index (χ3v) is 3.85. The van der Waals surface area contributed by atoms with Crippen LogP contribution in [-0.4, -0.2) is 35.3 Å². The lowest BCUT2D eigenvalue weighted by molar-refractivity contribution is -0.140. The second-order valence-corrected chi connectivity index (χ2v) is 5.93. The molecule has 7 nitrogen and oxygen atoms in total. The molecule has 0 saturated heterocycles. The lowest BCUT2D eigenvalue weighted by Crippen LogP contribution is -2.44. The van der Waals surface area contributed by atoms with Crippen molar-refractivity contribution in [3.63, 3.8) is 0 Å². The molecule has 8 heteroatoms. The summed E-state index contributed by atoms with van der Waals surface area (Å²) in [4.78, 5) is 10.9. The Morgan fingerprint density at radius 3 is 2.56 bits per heavy atom. The molecule has 0 aliphatic heterocycles. The average Bonchev–Trinajstić information content (AvgIpc) is 2.74. The summed E-state index contributed by atoms with van der Waals surface area (Å²) in [6, 6.07) is -1.15. The van der Waals surface area contributed by atoms with Gasteiger partial charge in [0.2, 0.25) is 10.0 Å². The first-order valence-electron chi connectivity index (χ1n) is 5.55. The second kappa shape index (κ2) is 5.49. The number of nitrogens with one attached hydrogen (secondary N) is 1. The van der Waals surface area contributed by atoms with E-state index in [1.807, 2.05) is 6.92 Å². The lowest BCUT2D eigenvalue weighted by atomic mass is 10.1. The van der Waals surface area contributed by atoms with Gasteiger partial charge >= 0.3 is 5.97 Å². The van der Waals surface area contributed by atoms with Crippen LogP contribution >= 0.6 is 0 Å². The zero-order valence-electron chi connectivity index (χ0n) is 10.5. The second-order valence-electron chi connectivity index (χ2n) is 4.21. The van der Waals surface area contributed by atoms with Crippen molar-refractivity contribution in [3.05, 3.63) is 12.4 Å². The summed E-state index contributed by atoms with van der Waals surface area (Å²) >= 11 is 0. The molecule has 1 atom stereocenters. The van der Waals surface area contributed by atoms with Crippen LogP contribution in [0.2, 0.25) is 0 Å². The number of nitrogens with zero attached hydrogens (tertiary/aromatic N) is 2. The SMILES string of the molecule is CCn1cc(S(=O)(=O)NC(C(=O)O)C(C)C)cn1. The molecule has 1 unspecified atom stereocenters. The molecule has 0 bridgehead atoms. The zero-order valence-corrected chi connectivity index (χ0v) is 11.3. The number of carbonyl (C=O) groups is 1. The van der Waals surface area contributed by atoms with Crippen LogP contribution < -0.4 is 4.72 Å². The molecule has 1 heterocycles. The van der Waals surface area contributed by atoms with E-state index in [9.17, 15) is 13.2 Å². The maximum Gasteiger partial charge on any atom is 0.322 e. The van der Waals surface area contributed by atoms with Crippen molar-refractivity contribution in [1.82, 2.24) is 14.5 Å². The van der Waals surface area contributed by atoms with Gasteiger partial charge in [-0.25, -0.2) is 8.42 Å². The number of aromatic nitrogens is 2. The first-order valence-corrected chi connectivity index (χ1v) is 7.03. The van der Waals surface area contributed by atoms with E-state index in [4.69, 9.17) is 5.11 Å². The van der Waals surface area contributed by atoms with Gasteiger partial charge in [0.25, 0.3) is 0 Å². The monoisotopic (exact) mass is 275 g/mol. The van der Waals surface area contributed by atoms with Crippen LogP contribution in [0.25, 0.3) is 0 Å². The summed E-state index contributed by atoms with van der Waals surface area (Å²) in [6.45, 7) is 5.64. The lowest BCUT2D eigenvalue weighted by Gasteiger charge is -2.17. The Balaban J connectivity index is 2.96. The molecule has 0 amide bonds. The predicted octanol–water partition coefficient (Wildman–Crippen LogP) is 0.290. The first-order chi connectivity index (χ1) is 8.27. The van der Waals surface area contributed by atoms with Crippen LogP contribution in [-0.2, 0) is 21.4 Å². The summed E-state index contributed by atoms with van der Waals surface area (Å²) in [5.41, 5.74) is 0. The normalized spacial score (nSPS) is 13.8. The number of aliphatic carboxylic acids is 1. The van der Waals surface area contributed by atoms with Gasteiger partial charge in [0.15, 0.2) is 0 Å². The van der Waals surface area contributed by atoms with Gasteiger partial charge in [0.1, 0.15) is 10.9 Å². The molecule has 0 aliphatic rings. The summed E-state index contributed by atoms with van der Waals surface area (Å²) in [5, 5.41) is 12.8. The minimum absolute atomic E-state index is 0.0312. The minimum Gasteiger partial charge on any atom is -0.480 e. The van der Waals surface area contributed by atoms with Crippen LogP contribution in [0.5, 0.6) is 0 Å². The summed E-state index contributed by atoms with van der Waals surface area (Å²) in [7, 11) is -3.85. The number of rotatable bonds is 6. The molecule has 18 heavy (non-hydrogen) atoms. The molecule has 2 N–H and O–H groups in total. The molecule has 0 spiro atoms. The number of sulfonamides is 1. The number of hydrogen-bond acceptors (Lipinski definition) is 4. The standard InChI is InChI=1S/C10H17N3O4S/c1-4-13-6-8(5-11-13)18(16,17)12-9(7(2)3)10(14)15/h5-7,9,12H,4H2,1-3H3,(H,14,15). The van der Waals surface area contributed by atoms with Crippen molar-refractivity contribution in [3.8, 4) is 0 Å². The summed E-state index contributed by atoms with van der Waals surface area (Å²) in [6.07, 6.45) is 2.56. The van der Waals surface area contributed by atoms with E-state index in [2.05, 4.69) is 9.82 Å². The van der Waals surface area contributed by atoms with E-state index < -0.39 is 22.0 Å². The van der Waals surface area contributed by atoms with Crippen molar-refractivity contribution < 1.29 is 18.3 Å². The Kier molecular flexibility index (Phi) is 4.47. The number of carboxylic acids is 1. The third kappa shape index (κ3) is 3.30. The summed E-state index contributed by atoms with van der Waals surface area (Å²) in [5.74, 6) is -1.55. The largest absolute Gasteiger partial charge is 0.480 e. The molecule has 1 aromatic rings. The van der Waals surface area contributed by atoms with Gasteiger partial charge in [0, 0.05) is 12.7 Å². The van der Waals surface area contributed by atoms with Gasteiger partial charge in [-0.15, -0.1) is 0 Å². The Morgan fingerprint density at radius 2 is 2.17 bits per heavy atom. The van der Waals surface area contributed by atoms with Crippen LogP contribution in [0.4, 0.5) is 0 Å². The first kappa shape index (κ1) is 14.7. The Labute approximate surface area is 106 Å². The smallest absolute Gasteiger partial charge is 0.322 e. The fourth-order valence-electron chi connectivity index (χ4n) is 1.36. The van der Waals surface area contributed by atoms with Gasteiger partial charge in [0.05, 0.1) is 6.20 Å². The molecule has 0 radical (unpaired) electrons. The van der Waals surface area contributed by atoms with E-state index >= 15 is 0 Å². The van der Waals surface area contributed by atoms with E-state index in [1.54, 1.807) is 13.8 Å². The molecular formula is C10H17N3O4S. The molecule has 0 aliphatic carbocycles. The maximum absolute atomic E-state index is 12.0. The Bertz CT molecular complexity index is 521. The third-order valence-electron chi connectivity index (χ3n) is 2.46. The highest BCUT2D eigenvalue weighted by Gasteiger charge is 2.28. The zero-order chi connectivity index (χ0) is 13.9. The van der Waals surface area contributed by atoms with E-state index in [0.717, 1.165) is 0 Å². The van der Waals surface area contributed by atoms with Crippen LogP contribution in [0.3, 0.4) is 0 Å². The quantitative estimate of drug-likeness (QED) is 0.777. The van der Waals surface area contributed by atoms with Crippen molar-refractivity contribution in [2.45, 2.75) is 38.3 Å². The molecule has 1 rings (SSSR count). The highest BCUT2D eigenvalue weighted by atomic mass is 32.2. The molecule has 102 valence electrons. The average molecular weight is 275 g/mol. The highest BCUT2D eigenvalue weighted by Crippen LogP contribution is 2.11. The van der Waals surface area contributed by atoms with Gasteiger partial charge in [-0.3, -0.25) is 9.48 Å². The van der Waals surface area contributed by atoms with Gasteiger partial charge in [-0.1, -0.05) is 13.8 Å². The van der Waals surface area contributed by atoms with Gasteiger partial charge < -0.3 is 5.11 Å². The highest BCUT2D eigenvalue weighted by molar-refractivity contribution is 7.89. The molecule has 0 saturated carbocycles. The fourth-order valence-corrected chi connectivity index (χ4v) is 2.65. The van der Waals surface area contributed by atoms with Crippen molar-refractivity contribution in [2.24, 2.45) is 5.92 Å². The molecule has 0 fully saturated rings. The Morgan fingerprint density at radius 1 is 1.56 bits per heavy atom. The van der Waals surface area contributed by atoms with Crippen LogP contribution in [0.1, 0.15) is 20.8 Å². The van der Waals surface area contributed by atoms with Crippen LogP contribution in [0, 0.1) is 5.92 Å². The molecule has 0 aromatic carbocycles. The molecule has 1 aromatic heterocycles. The topological polar surface area (TPSA) is 101 Å². The predicted molar refractivity (Wildman–Crippen MR) is 64.5 cm³/mol. The van der Waals surface area contributed by atoms with Gasteiger partial charge in [-0.05, 0) is 12.8 Å². The van der Waals surface area contributed by atoms with Crippen molar-refractivity contribution in [2.75, 3.05) is 0 Å². The minimum atomic E-state index is -3.85. The number of hydrogen-bond donors (Lipinski definition) is 2. The van der Waals surface area contributed by atoms with Crippen molar-refractivity contribution >= 4 is 16.0 Å². The fraction of sp³-hybridized carbons (Fsp3) is 0.600. The van der Waals surface area contributed by atoms with E-state index in [1.165, 1.54) is 17.1 Å². The van der Waals surface area contributed by atoms with E-state index in [-0.39, 0.29) is 10.8 Å². The summed E-state index contributed by atoms with van der Waals surface area (Å²) < 4.78 is 27.5. The van der Waals surface area contributed by atoms with Crippen molar-refractivity contribution in [1.29, 1.82) is 0 Å². The van der Waals surface area contributed by atoms with E-state index in [0.29, 0.717) is 6.54 Å².